The molecule has 1 rings (SSSR count). The Hall–Kier alpha value is -2.04. The molecule has 19 heavy (non-hydrogen) atoms. The Morgan fingerprint density at radius 1 is 1.26 bits per heavy atom. The third-order valence-corrected chi connectivity index (χ3v) is 2.96. The van der Waals surface area contributed by atoms with E-state index < -0.39 is 12.1 Å². The lowest BCUT2D eigenvalue weighted by molar-refractivity contribution is -0.124. The van der Waals surface area contributed by atoms with Crippen LogP contribution in [0, 0.1) is 12.8 Å². The molecule has 104 valence electrons. The molecule has 3 amide bonds. The second kappa shape index (κ2) is 6.78. The Kier molecular flexibility index (Phi) is 5.36. The van der Waals surface area contributed by atoms with Gasteiger partial charge in [0.1, 0.15) is 6.04 Å². The molecule has 0 aromatic heterocycles. The quantitative estimate of drug-likeness (QED) is 0.748. The van der Waals surface area contributed by atoms with Gasteiger partial charge in [-0.25, -0.2) is 4.79 Å². The van der Waals surface area contributed by atoms with Gasteiger partial charge in [-0.2, -0.15) is 0 Å². The molecule has 0 aliphatic rings. The molecule has 0 aliphatic heterocycles. The molecule has 0 unspecified atom stereocenters. The second-order valence-electron chi connectivity index (χ2n) is 4.87. The molecule has 0 bridgehead atoms. The van der Waals surface area contributed by atoms with E-state index in [1.165, 1.54) is 0 Å². The van der Waals surface area contributed by atoms with E-state index in [4.69, 9.17) is 5.73 Å². The van der Waals surface area contributed by atoms with Crippen LogP contribution in [0.4, 0.5) is 4.79 Å². The molecule has 0 radical (unpaired) electrons. The van der Waals surface area contributed by atoms with Gasteiger partial charge in [-0.1, -0.05) is 38.1 Å². The Morgan fingerprint density at radius 2 is 1.89 bits per heavy atom. The number of primary amides is 1. The van der Waals surface area contributed by atoms with Crippen LogP contribution < -0.4 is 16.4 Å². The Labute approximate surface area is 113 Å². The Morgan fingerprint density at radius 3 is 2.42 bits per heavy atom. The Bertz CT molecular complexity index is 458. The lowest BCUT2D eigenvalue weighted by Gasteiger charge is -2.20. The number of nitrogens with two attached hydrogens (primary N) is 1. The highest BCUT2D eigenvalue weighted by atomic mass is 16.2. The van der Waals surface area contributed by atoms with Crippen molar-refractivity contribution >= 4 is 11.9 Å². The van der Waals surface area contributed by atoms with Crippen LogP contribution in [0.1, 0.15) is 25.0 Å². The summed E-state index contributed by atoms with van der Waals surface area (Å²) >= 11 is 0. The monoisotopic (exact) mass is 263 g/mol. The average Bonchev–Trinajstić information content (AvgIpc) is 2.34. The van der Waals surface area contributed by atoms with E-state index in [-0.39, 0.29) is 11.8 Å². The van der Waals surface area contributed by atoms with Crippen LogP contribution in [0.5, 0.6) is 0 Å². The summed E-state index contributed by atoms with van der Waals surface area (Å²) in [5.41, 5.74) is 7.24. The van der Waals surface area contributed by atoms with Gasteiger partial charge in [-0.15, -0.1) is 0 Å². The summed E-state index contributed by atoms with van der Waals surface area (Å²) in [6.07, 6.45) is 0. The standard InChI is InChI=1S/C14H21N3O2/c1-9(2)12(17-14(15)19)13(18)16-8-11-7-5-4-6-10(11)3/h4-7,9,12H,8H2,1-3H3,(H,16,18)(H3,15,17,19)/t12-/m0/s1. The third-order valence-electron chi connectivity index (χ3n) is 2.96. The van der Waals surface area contributed by atoms with Gasteiger partial charge in [0.05, 0.1) is 0 Å². The molecule has 5 nitrogen and oxygen atoms in total. The second-order valence-corrected chi connectivity index (χ2v) is 4.87. The highest BCUT2D eigenvalue weighted by Gasteiger charge is 2.22. The summed E-state index contributed by atoms with van der Waals surface area (Å²) in [4.78, 5) is 22.9. The van der Waals surface area contributed by atoms with Crippen molar-refractivity contribution in [3.05, 3.63) is 35.4 Å². The summed E-state index contributed by atoms with van der Waals surface area (Å²) in [7, 11) is 0. The lowest BCUT2D eigenvalue weighted by Crippen LogP contribution is -2.51. The van der Waals surface area contributed by atoms with Crippen LogP contribution >= 0.6 is 0 Å². The average molecular weight is 263 g/mol. The maximum Gasteiger partial charge on any atom is 0.312 e. The van der Waals surface area contributed by atoms with E-state index in [0.29, 0.717) is 6.54 Å². The first-order chi connectivity index (χ1) is 8.91. The zero-order chi connectivity index (χ0) is 14.4. The van der Waals surface area contributed by atoms with Crippen molar-refractivity contribution in [1.82, 2.24) is 10.6 Å². The highest BCUT2D eigenvalue weighted by molar-refractivity contribution is 5.86. The summed E-state index contributed by atoms with van der Waals surface area (Å²) < 4.78 is 0. The number of urea groups is 1. The molecule has 1 aromatic carbocycles. The van der Waals surface area contributed by atoms with Gasteiger partial charge in [-0.3, -0.25) is 4.79 Å². The summed E-state index contributed by atoms with van der Waals surface area (Å²) in [6.45, 7) is 6.14. The van der Waals surface area contributed by atoms with Gasteiger partial charge >= 0.3 is 6.03 Å². The number of hydrogen-bond acceptors (Lipinski definition) is 2. The topological polar surface area (TPSA) is 84.2 Å². The van der Waals surface area contributed by atoms with Crippen molar-refractivity contribution in [2.45, 2.75) is 33.4 Å². The predicted molar refractivity (Wildman–Crippen MR) is 74.4 cm³/mol. The normalized spacial score (nSPS) is 12.0. The van der Waals surface area contributed by atoms with Crippen molar-refractivity contribution in [3.8, 4) is 0 Å². The highest BCUT2D eigenvalue weighted by Crippen LogP contribution is 2.07. The number of carbonyl (C=O) groups is 2. The number of carbonyl (C=O) groups excluding carboxylic acids is 2. The molecule has 0 saturated carbocycles. The number of aryl methyl sites for hydroxylation is 1. The van der Waals surface area contributed by atoms with Gasteiger partial charge in [0.15, 0.2) is 0 Å². The largest absolute Gasteiger partial charge is 0.352 e. The lowest BCUT2D eigenvalue weighted by atomic mass is 10.0. The van der Waals surface area contributed by atoms with E-state index in [1.54, 1.807) is 0 Å². The number of amides is 3. The van der Waals surface area contributed by atoms with Crippen LogP contribution in [0.2, 0.25) is 0 Å². The fourth-order valence-electron chi connectivity index (χ4n) is 1.79. The van der Waals surface area contributed by atoms with Crippen molar-refractivity contribution in [1.29, 1.82) is 0 Å². The molecule has 1 atom stereocenters. The zero-order valence-corrected chi connectivity index (χ0v) is 11.6. The zero-order valence-electron chi connectivity index (χ0n) is 11.6. The minimum absolute atomic E-state index is 0.0237. The van der Waals surface area contributed by atoms with E-state index in [2.05, 4.69) is 10.6 Å². The first-order valence-corrected chi connectivity index (χ1v) is 6.30. The number of benzene rings is 1. The minimum atomic E-state index is -0.690. The van der Waals surface area contributed by atoms with Crippen LogP contribution in [-0.2, 0) is 11.3 Å². The van der Waals surface area contributed by atoms with Crippen LogP contribution in [0.3, 0.4) is 0 Å². The number of hydrogen-bond donors (Lipinski definition) is 3. The van der Waals surface area contributed by atoms with Gasteiger partial charge in [0.25, 0.3) is 0 Å². The first kappa shape index (κ1) is 15.0. The molecular formula is C14H21N3O2. The molecule has 0 fully saturated rings. The Balaban J connectivity index is 2.63. The van der Waals surface area contributed by atoms with Gasteiger partial charge < -0.3 is 16.4 Å². The molecule has 4 N–H and O–H groups in total. The maximum atomic E-state index is 12.0. The first-order valence-electron chi connectivity index (χ1n) is 6.30. The van der Waals surface area contributed by atoms with E-state index in [9.17, 15) is 9.59 Å². The van der Waals surface area contributed by atoms with Crippen LogP contribution in [0.15, 0.2) is 24.3 Å². The molecule has 1 aromatic rings. The molecule has 0 heterocycles. The molecular weight excluding hydrogens is 242 g/mol. The number of nitrogens with one attached hydrogen (secondary N) is 2. The SMILES string of the molecule is Cc1ccccc1CNC(=O)[C@@H](NC(N)=O)C(C)C. The smallest absolute Gasteiger partial charge is 0.312 e. The van der Waals surface area contributed by atoms with Crippen molar-refractivity contribution in [2.75, 3.05) is 0 Å². The fourth-order valence-corrected chi connectivity index (χ4v) is 1.79. The van der Waals surface area contributed by atoms with Crippen LogP contribution in [0.25, 0.3) is 0 Å². The van der Waals surface area contributed by atoms with E-state index >= 15 is 0 Å². The summed E-state index contributed by atoms with van der Waals surface area (Å²) in [6, 6.07) is 6.53. The molecule has 5 heteroatoms. The number of rotatable bonds is 5. The summed E-state index contributed by atoms with van der Waals surface area (Å²) in [5, 5.41) is 5.27. The maximum absolute atomic E-state index is 12.0. The fraction of sp³-hybridized carbons (Fsp3) is 0.429. The predicted octanol–water partition coefficient (Wildman–Crippen LogP) is 1.30. The summed E-state index contributed by atoms with van der Waals surface area (Å²) in [5.74, 6) is -0.249. The third kappa shape index (κ3) is 4.62. The molecule has 0 spiro atoms. The minimum Gasteiger partial charge on any atom is -0.352 e. The van der Waals surface area contributed by atoms with Crippen molar-refractivity contribution in [2.24, 2.45) is 11.7 Å². The molecule has 0 aliphatic carbocycles. The van der Waals surface area contributed by atoms with Gasteiger partial charge in [-0.05, 0) is 24.0 Å². The van der Waals surface area contributed by atoms with E-state index in [0.717, 1.165) is 11.1 Å². The van der Waals surface area contributed by atoms with Gasteiger partial charge in [0, 0.05) is 6.54 Å². The molecule has 0 saturated heterocycles. The van der Waals surface area contributed by atoms with Crippen molar-refractivity contribution < 1.29 is 9.59 Å². The van der Waals surface area contributed by atoms with Gasteiger partial charge in [0.2, 0.25) is 5.91 Å². The van der Waals surface area contributed by atoms with Crippen LogP contribution in [-0.4, -0.2) is 18.0 Å². The van der Waals surface area contributed by atoms with E-state index in [1.807, 2.05) is 45.0 Å². The van der Waals surface area contributed by atoms with Crippen molar-refractivity contribution in [3.63, 3.8) is 0 Å².